The first-order chi connectivity index (χ1) is 8.88. The Morgan fingerprint density at radius 1 is 1.11 bits per heavy atom. The van der Waals surface area contributed by atoms with E-state index in [4.69, 9.17) is 0 Å². The fourth-order valence-electron chi connectivity index (χ4n) is 1.87. The Bertz CT molecular complexity index is 591. The molecule has 0 unspecified atom stereocenters. The van der Waals surface area contributed by atoms with Gasteiger partial charge in [0, 0.05) is 0 Å². The van der Waals surface area contributed by atoms with E-state index in [0.717, 1.165) is 5.69 Å². The van der Waals surface area contributed by atoms with E-state index < -0.39 is 18.4 Å². The van der Waals surface area contributed by atoms with Crippen LogP contribution in [-0.4, -0.2) is 28.2 Å². The predicted molar refractivity (Wildman–Crippen MR) is 85.5 cm³/mol. The van der Waals surface area contributed by atoms with Crippen molar-refractivity contribution in [2.24, 2.45) is 0 Å². The molecule has 0 aliphatic carbocycles. The Balaban J connectivity index is 0.000000861. The molecule has 3 nitrogen and oxygen atoms in total. The number of nitrogens with one attached hydrogen (secondary N) is 1. The van der Waals surface area contributed by atoms with Gasteiger partial charge in [0.05, 0.1) is 0 Å². The summed E-state index contributed by atoms with van der Waals surface area (Å²) in [4.78, 5) is 18.3. The number of rotatable bonds is 2. The van der Waals surface area contributed by atoms with Crippen molar-refractivity contribution in [2.45, 2.75) is 35.6 Å². The van der Waals surface area contributed by atoms with Gasteiger partial charge in [0.15, 0.2) is 0 Å². The average Bonchev–Trinajstić information content (AvgIpc) is 2.77. The van der Waals surface area contributed by atoms with Crippen LogP contribution in [0.5, 0.6) is 0 Å². The van der Waals surface area contributed by atoms with Crippen LogP contribution in [0.3, 0.4) is 0 Å². The predicted octanol–water partition coefficient (Wildman–Crippen LogP) is 3.05. The molecule has 0 aliphatic rings. The fourth-order valence-corrected chi connectivity index (χ4v) is 5.39. The van der Waals surface area contributed by atoms with Crippen molar-refractivity contribution in [3.05, 3.63) is 46.4 Å². The van der Waals surface area contributed by atoms with E-state index in [0.29, 0.717) is 0 Å². The van der Waals surface area contributed by atoms with Crippen LogP contribution in [0.1, 0.15) is 19.4 Å². The van der Waals surface area contributed by atoms with E-state index in [-0.39, 0.29) is 5.56 Å². The first-order valence-electron chi connectivity index (χ1n) is 6.77. The zero-order valence-corrected chi connectivity index (χ0v) is 15.6. The Labute approximate surface area is 119 Å². The third-order valence-electron chi connectivity index (χ3n) is 2.93. The number of aryl methyl sites for hydroxylation is 1. The summed E-state index contributed by atoms with van der Waals surface area (Å²) in [6, 6.07) is 8.11. The number of aromatic amines is 1. The van der Waals surface area contributed by atoms with Gasteiger partial charge in [-0.05, 0) is 0 Å². The number of hydrogen-bond donors (Lipinski definition) is 1. The molecule has 0 amide bonds. The van der Waals surface area contributed by atoms with Crippen molar-refractivity contribution in [1.82, 2.24) is 9.78 Å². The van der Waals surface area contributed by atoms with Crippen LogP contribution in [0.25, 0.3) is 5.69 Å². The van der Waals surface area contributed by atoms with Crippen molar-refractivity contribution in [2.75, 3.05) is 0 Å². The first kappa shape index (κ1) is 16.1. The average molecular weight is 367 g/mol. The molecular weight excluding hydrogens is 343 g/mol. The molecule has 1 heterocycles. The van der Waals surface area contributed by atoms with Crippen LogP contribution in [0, 0.1) is 6.92 Å². The van der Waals surface area contributed by atoms with Crippen LogP contribution in [0.4, 0.5) is 0 Å². The number of aromatic nitrogens is 2. The van der Waals surface area contributed by atoms with Gasteiger partial charge in [0.2, 0.25) is 0 Å². The number of hydrogen-bond acceptors (Lipinski definition) is 1. The molecule has 0 saturated carbocycles. The van der Waals surface area contributed by atoms with E-state index in [1.807, 2.05) is 13.8 Å². The minimum absolute atomic E-state index is 0.0662. The Kier molecular flexibility index (Phi) is 5.47. The topological polar surface area (TPSA) is 37.8 Å². The summed E-state index contributed by atoms with van der Waals surface area (Å²) in [5.41, 5.74) is 2.19. The minimum atomic E-state index is -1.99. The molecule has 1 aromatic carbocycles. The summed E-state index contributed by atoms with van der Waals surface area (Å²) in [7, 11) is 0. The van der Waals surface area contributed by atoms with E-state index >= 15 is 0 Å². The Morgan fingerprint density at radius 3 is 2.16 bits per heavy atom. The second kappa shape index (κ2) is 6.46. The van der Waals surface area contributed by atoms with Crippen LogP contribution < -0.4 is 9.14 Å². The molecule has 2 aromatic rings. The van der Waals surface area contributed by atoms with E-state index in [9.17, 15) is 4.79 Å². The SMILES string of the molecule is CC.Cc1c[c]([Sn]([CH3])([CH3])[CH3])ccc1-n1ccc(=O)[nH]1. The van der Waals surface area contributed by atoms with Crippen molar-refractivity contribution in [1.29, 1.82) is 0 Å². The normalized spacial score (nSPS) is 10.8. The van der Waals surface area contributed by atoms with Crippen molar-refractivity contribution in [3.8, 4) is 5.69 Å². The second-order valence-electron chi connectivity index (χ2n) is 5.41. The number of H-pyrrole nitrogens is 1. The molecule has 4 heteroatoms. The summed E-state index contributed by atoms with van der Waals surface area (Å²) in [5.74, 6) is 0. The first-order valence-corrected chi connectivity index (χ1v) is 16.8. The van der Waals surface area contributed by atoms with Crippen LogP contribution >= 0.6 is 0 Å². The van der Waals surface area contributed by atoms with Gasteiger partial charge in [0.1, 0.15) is 0 Å². The molecule has 0 spiro atoms. The zero-order valence-electron chi connectivity index (χ0n) is 12.7. The standard InChI is InChI=1S/C10H9N2O.C2H6.3CH3.Sn/c1-8-4-2-3-5-9(8)12-7-6-10(13)11-12;1-2;;;;/h3-7H,1H3,(H,11,13);1-2H3;3*1H3;. The van der Waals surface area contributed by atoms with Crippen molar-refractivity contribution < 1.29 is 0 Å². The third-order valence-corrected chi connectivity index (χ3v) is 8.76. The molecule has 0 bridgehead atoms. The van der Waals surface area contributed by atoms with Gasteiger partial charge in [-0.2, -0.15) is 0 Å². The zero-order chi connectivity index (χ0) is 14.6. The molecule has 0 aliphatic heterocycles. The molecule has 0 fully saturated rings. The van der Waals surface area contributed by atoms with Crippen molar-refractivity contribution in [3.63, 3.8) is 0 Å². The maximum absolute atomic E-state index is 11.1. The summed E-state index contributed by atoms with van der Waals surface area (Å²) in [6.07, 6.45) is 1.77. The molecule has 0 atom stereocenters. The molecule has 104 valence electrons. The van der Waals surface area contributed by atoms with Gasteiger partial charge in [-0.25, -0.2) is 0 Å². The number of benzene rings is 1. The Morgan fingerprint density at radius 2 is 1.74 bits per heavy atom. The summed E-state index contributed by atoms with van der Waals surface area (Å²) in [5, 5.41) is 2.77. The Hall–Kier alpha value is -0.971. The van der Waals surface area contributed by atoms with Gasteiger partial charge >= 0.3 is 106 Å². The van der Waals surface area contributed by atoms with E-state index in [2.05, 4.69) is 45.0 Å². The molecular formula is C15H24N2OSn. The van der Waals surface area contributed by atoms with E-state index in [1.54, 1.807) is 10.9 Å². The van der Waals surface area contributed by atoms with Crippen LogP contribution in [0.2, 0.25) is 14.8 Å². The quantitative estimate of drug-likeness (QED) is 0.815. The summed E-state index contributed by atoms with van der Waals surface area (Å²) in [6.45, 7) is 6.09. The monoisotopic (exact) mass is 368 g/mol. The van der Waals surface area contributed by atoms with E-state index in [1.165, 1.54) is 15.2 Å². The van der Waals surface area contributed by atoms with Gasteiger partial charge in [-0.3, -0.25) is 0 Å². The summed E-state index contributed by atoms with van der Waals surface area (Å²) < 4.78 is 3.29. The number of nitrogens with zero attached hydrogens (tertiary/aromatic N) is 1. The molecule has 1 aromatic heterocycles. The van der Waals surface area contributed by atoms with Gasteiger partial charge in [-0.15, -0.1) is 0 Å². The molecule has 0 radical (unpaired) electrons. The maximum atomic E-state index is 11.1. The summed E-state index contributed by atoms with van der Waals surface area (Å²) >= 11 is -1.99. The molecule has 1 N–H and O–H groups in total. The van der Waals surface area contributed by atoms with Crippen molar-refractivity contribution >= 4 is 22.0 Å². The van der Waals surface area contributed by atoms with Gasteiger partial charge < -0.3 is 0 Å². The van der Waals surface area contributed by atoms with Gasteiger partial charge in [-0.1, -0.05) is 13.8 Å². The van der Waals surface area contributed by atoms with Gasteiger partial charge in [0.25, 0.3) is 0 Å². The fraction of sp³-hybridized carbons (Fsp3) is 0.400. The van der Waals surface area contributed by atoms with Crippen LogP contribution in [-0.2, 0) is 0 Å². The second-order valence-corrected chi connectivity index (χ2v) is 19.9. The molecule has 19 heavy (non-hydrogen) atoms. The third kappa shape index (κ3) is 3.99. The molecule has 0 saturated heterocycles. The molecule has 2 rings (SSSR count). The van der Waals surface area contributed by atoms with Crippen LogP contribution in [0.15, 0.2) is 35.3 Å².